The predicted octanol–water partition coefficient (Wildman–Crippen LogP) is 3.11. The molecular formula is C17H22N2O. The van der Waals surface area contributed by atoms with Crippen molar-refractivity contribution in [3.05, 3.63) is 30.3 Å². The Morgan fingerprint density at radius 3 is 2.00 bits per heavy atom. The van der Waals surface area contributed by atoms with Crippen LogP contribution in [0, 0.1) is 23.2 Å². The summed E-state index contributed by atoms with van der Waals surface area (Å²) < 4.78 is 0. The molecule has 0 spiro atoms. The number of hydrazine groups is 1. The molecule has 4 bridgehead atoms. The summed E-state index contributed by atoms with van der Waals surface area (Å²) in [5.41, 5.74) is 0.660. The first-order chi connectivity index (χ1) is 9.66. The smallest absolute Gasteiger partial charge is 0.247 e. The second-order valence-electron chi connectivity index (χ2n) is 7.21. The maximum atomic E-state index is 13.0. The van der Waals surface area contributed by atoms with Crippen LogP contribution in [0.1, 0.15) is 38.5 Å². The fourth-order valence-corrected chi connectivity index (χ4v) is 5.33. The van der Waals surface area contributed by atoms with E-state index in [1.807, 2.05) is 30.3 Å². The number of amides is 1. The minimum absolute atomic E-state index is 0.153. The molecule has 0 aliphatic heterocycles. The van der Waals surface area contributed by atoms with Gasteiger partial charge in [0.2, 0.25) is 5.91 Å². The Bertz CT molecular complexity index is 490. The van der Waals surface area contributed by atoms with E-state index in [-0.39, 0.29) is 11.3 Å². The maximum absolute atomic E-state index is 13.0. The molecule has 5 rings (SSSR count). The number of carbonyl (C=O) groups excluding carboxylic acids is 1. The molecule has 3 heteroatoms. The lowest BCUT2D eigenvalue weighted by Crippen LogP contribution is -2.56. The van der Waals surface area contributed by atoms with E-state index >= 15 is 0 Å². The molecule has 2 N–H and O–H groups in total. The Hall–Kier alpha value is -1.35. The average Bonchev–Trinajstić information content (AvgIpc) is 2.45. The van der Waals surface area contributed by atoms with Crippen LogP contribution in [0.4, 0.5) is 5.69 Å². The SMILES string of the molecule is NN(C(=O)C12CC3CC(CC(C3)C1)C2)c1ccccc1. The minimum Gasteiger partial charge on any atom is -0.272 e. The van der Waals surface area contributed by atoms with Gasteiger partial charge in [0.15, 0.2) is 0 Å². The van der Waals surface area contributed by atoms with Crippen molar-refractivity contribution >= 4 is 11.6 Å². The third-order valence-electron chi connectivity index (χ3n) is 5.75. The van der Waals surface area contributed by atoms with Crippen LogP contribution in [0.5, 0.6) is 0 Å². The molecule has 20 heavy (non-hydrogen) atoms. The molecule has 4 saturated carbocycles. The van der Waals surface area contributed by atoms with Crippen LogP contribution in [0.2, 0.25) is 0 Å². The summed E-state index contributed by atoms with van der Waals surface area (Å²) in [4.78, 5) is 13.0. The number of benzene rings is 1. The lowest BCUT2D eigenvalue weighted by atomic mass is 9.49. The number of hydrogen-bond donors (Lipinski definition) is 1. The van der Waals surface area contributed by atoms with E-state index in [2.05, 4.69) is 0 Å². The largest absolute Gasteiger partial charge is 0.272 e. The van der Waals surface area contributed by atoms with Crippen molar-refractivity contribution < 1.29 is 4.79 Å². The summed E-state index contributed by atoms with van der Waals surface area (Å²) in [5, 5.41) is 1.41. The Kier molecular flexibility index (Phi) is 2.68. The van der Waals surface area contributed by atoms with Crippen molar-refractivity contribution in [3.63, 3.8) is 0 Å². The zero-order valence-corrected chi connectivity index (χ0v) is 11.8. The molecular weight excluding hydrogens is 248 g/mol. The number of hydrogen-bond acceptors (Lipinski definition) is 2. The van der Waals surface area contributed by atoms with Crippen molar-refractivity contribution in [1.82, 2.24) is 0 Å². The van der Waals surface area contributed by atoms with Crippen LogP contribution < -0.4 is 10.9 Å². The van der Waals surface area contributed by atoms with Crippen molar-refractivity contribution in [3.8, 4) is 0 Å². The molecule has 4 fully saturated rings. The van der Waals surface area contributed by atoms with Gasteiger partial charge in [0.05, 0.1) is 11.1 Å². The van der Waals surface area contributed by atoms with Crippen LogP contribution in [-0.2, 0) is 4.79 Å². The van der Waals surface area contributed by atoms with Gasteiger partial charge < -0.3 is 0 Å². The average molecular weight is 270 g/mol. The minimum atomic E-state index is -0.153. The van der Waals surface area contributed by atoms with E-state index < -0.39 is 0 Å². The van der Waals surface area contributed by atoms with Gasteiger partial charge in [-0.05, 0) is 68.4 Å². The van der Waals surface area contributed by atoms with E-state index in [1.165, 1.54) is 24.3 Å². The first kappa shape index (κ1) is 12.4. The van der Waals surface area contributed by atoms with Gasteiger partial charge in [-0.25, -0.2) is 10.9 Å². The lowest BCUT2D eigenvalue weighted by Gasteiger charge is -2.56. The van der Waals surface area contributed by atoms with Crippen molar-refractivity contribution in [2.75, 3.05) is 5.01 Å². The van der Waals surface area contributed by atoms with Crippen molar-refractivity contribution in [1.29, 1.82) is 0 Å². The summed E-state index contributed by atoms with van der Waals surface area (Å²) in [5.74, 6) is 8.62. The fraction of sp³-hybridized carbons (Fsp3) is 0.588. The molecule has 106 valence electrons. The maximum Gasteiger partial charge on any atom is 0.247 e. The molecule has 1 amide bonds. The molecule has 0 aromatic heterocycles. The monoisotopic (exact) mass is 270 g/mol. The van der Waals surface area contributed by atoms with Gasteiger partial charge in [-0.1, -0.05) is 18.2 Å². The van der Waals surface area contributed by atoms with Gasteiger partial charge in [0, 0.05) is 0 Å². The van der Waals surface area contributed by atoms with E-state index in [9.17, 15) is 4.79 Å². The highest BCUT2D eigenvalue weighted by molar-refractivity contribution is 5.96. The van der Waals surface area contributed by atoms with E-state index in [0.717, 1.165) is 42.7 Å². The molecule has 3 nitrogen and oxygen atoms in total. The Morgan fingerprint density at radius 1 is 1.00 bits per heavy atom. The Morgan fingerprint density at radius 2 is 1.50 bits per heavy atom. The molecule has 0 atom stereocenters. The van der Waals surface area contributed by atoms with Gasteiger partial charge in [-0.3, -0.25) is 4.79 Å². The number of para-hydroxylation sites is 1. The number of carbonyl (C=O) groups is 1. The lowest BCUT2D eigenvalue weighted by molar-refractivity contribution is -0.143. The molecule has 0 saturated heterocycles. The standard InChI is InChI=1S/C17H22N2O/c18-19(15-4-2-1-3-5-15)16(20)17-9-12-6-13(10-17)8-14(7-12)11-17/h1-5,12-14H,6-11,18H2. The molecule has 0 unspecified atom stereocenters. The van der Waals surface area contributed by atoms with E-state index in [4.69, 9.17) is 5.84 Å². The second kappa shape index (κ2) is 4.32. The van der Waals surface area contributed by atoms with Gasteiger partial charge in [-0.2, -0.15) is 0 Å². The van der Waals surface area contributed by atoms with E-state index in [1.54, 1.807) is 0 Å². The number of nitrogens with zero attached hydrogens (tertiary/aromatic N) is 1. The number of nitrogens with two attached hydrogens (primary N) is 1. The van der Waals surface area contributed by atoms with Crippen LogP contribution in [0.15, 0.2) is 30.3 Å². The van der Waals surface area contributed by atoms with Gasteiger partial charge in [0.1, 0.15) is 0 Å². The number of anilines is 1. The highest BCUT2D eigenvalue weighted by Crippen LogP contribution is 2.60. The van der Waals surface area contributed by atoms with Gasteiger partial charge in [-0.15, -0.1) is 0 Å². The zero-order chi connectivity index (χ0) is 13.7. The Balaban J connectivity index is 1.62. The third kappa shape index (κ3) is 1.80. The number of rotatable bonds is 2. The highest BCUT2D eigenvalue weighted by atomic mass is 16.2. The summed E-state index contributed by atoms with van der Waals surface area (Å²) in [6.45, 7) is 0. The second-order valence-corrected chi connectivity index (χ2v) is 7.21. The quantitative estimate of drug-likeness (QED) is 0.510. The molecule has 1 aromatic carbocycles. The topological polar surface area (TPSA) is 46.3 Å². The van der Waals surface area contributed by atoms with Crippen molar-refractivity contribution in [2.24, 2.45) is 29.0 Å². The summed E-state index contributed by atoms with van der Waals surface area (Å²) in [6.07, 6.45) is 7.25. The summed E-state index contributed by atoms with van der Waals surface area (Å²) in [7, 11) is 0. The Labute approximate surface area is 120 Å². The summed E-state index contributed by atoms with van der Waals surface area (Å²) in [6, 6.07) is 9.65. The summed E-state index contributed by atoms with van der Waals surface area (Å²) >= 11 is 0. The molecule has 0 heterocycles. The molecule has 0 radical (unpaired) electrons. The predicted molar refractivity (Wildman–Crippen MR) is 78.7 cm³/mol. The van der Waals surface area contributed by atoms with E-state index in [0.29, 0.717) is 0 Å². The van der Waals surface area contributed by atoms with Crippen molar-refractivity contribution in [2.45, 2.75) is 38.5 Å². The van der Waals surface area contributed by atoms with Crippen LogP contribution in [0.3, 0.4) is 0 Å². The highest BCUT2D eigenvalue weighted by Gasteiger charge is 2.55. The first-order valence-electron chi connectivity index (χ1n) is 7.81. The van der Waals surface area contributed by atoms with Crippen LogP contribution in [-0.4, -0.2) is 5.91 Å². The third-order valence-corrected chi connectivity index (χ3v) is 5.75. The van der Waals surface area contributed by atoms with Crippen LogP contribution in [0.25, 0.3) is 0 Å². The molecule has 4 aliphatic rings. The van der Waals surface area contributed by atoms with Crippen LogP contribution >= 0.6 is 0 Å². The molecule has 4 aliphatic carbocycles. The first-order valence-corrected chi connectivity index (χ1v) is 7.81. The normalized spacial score (nSPS) is 38.0. The fourth-order valence-electron chi connectivity index (χ4n) is 5.33. The zero-order valence-electron chi connectivity index (χ0n) is 11.8. The molecule has 1 aromatic rings. The van der Waals surface area contributed by atoms with Gasteiger partial charge in [0.25, 0.3) is 0 Å². The van der Waals surface area contributed by atoms with Gasteiger partial charge >= 0.3 is 0 Å².